The van der Waals surface area contributed by atoms with E-state index >= 15 is 0 Å². The SMILES string of the molecule is N#CC(N)COC1CCCc2ccccc21. The Bertz CT molecular complexity index is 397. The van der Waals surface area contributed by atoms with E-state index in [9.17, 15) is 0 Å². The van der Waals surface area contributed by atoms with Gasteiger partial charge in [-0.1, -0.05) is 24.3 Å². The molecule has 0 aromatic heterocycles. The van der Waals surface area contributed by atoms with Crippen molar-refractivity contribution in [3.05, 3.63) is 35.4 Å². The number of benzene rings is 1. The minimum Gasteiger partial charge on any atom is -0.371 e. The van der Waals surface area contributed by atoms with Gasteiger partial charge < -0.3 is 10.5 Å². The van der Waals surface area contributed by atoms with Crippen molar-refractivity contribution in [3.8, 4) is 6.07 Å². The highest BCUT2D eigenvalue weighted by Crippen LogP contribution is 2.32. The van der Waals surface area contributed by atoms with Gasteiger partial charge in [0, 0.05) is 0 Å². The van der Waals surface area contributed by atoms with E-state index in [-0.39, 0.29) is 6.10 Å². The van der Waals surface area contributed by atoms with Crippen LogP contribution >= 0.6 is 0 Å². The number of ether oxygens (including phenoxy) is 1. The number of aryl methyl sites for hydroxylation is 1. The summed E-state index contributed by atoms with van der Waals surface area (Å²) in [5, 5.41) is 8.60. The Balaban J connectivity index is 2.05. The molecule has 0 saturated carbocycles. The number of rotatable bonds is 3. The highest BCUT2D eigenvalue weighted by Gasteiger charge is 2.20. The van der Waals surface area contributed by atoms with Crippen LogP contribution in [0.15, 0.2) is 24.3 Å². The van der Waals surface area contributed by atoms with Gasteiger partial charge in [-0.05, 0) is 30.4 Å². The average molecular weight is 216 g/mol. The maximum absolute atomic E-state index is 8.60. The number of nitrogens with zero attached hydrogens (tertiary/aromatic N) is 1. The molecule has 1 aliphatic carbocycles. The molecule has 0 amide bonds. The normalized spacial score (nSPS) is 20.9. The van der Waals surface area contributed by atoms with E-state index in [0.29, 0.717) is 6.61 Å². The summed E-state index contributed by atoms with van der Waals surface area (Å²) >= 11 is 0. The summed E-state index contributed by atoms with van der Waals surface area (Å²) in [4.78, 5) is 0. The molecule has 3 heteroatoms. The van der Waals surface area contributed by atoms with Crippen molar-refractivity contribution in [1.29, 1.82) is 5.26 Å². The molecule has 0 saturated heterocycles. The molecule has 2 rings (SSSR count). The van der Waals surface area contributed by atoms with Gasteiger partial charge in [-0.3, -0.25) is 0 Å². The third-order valence-electron chi connectivity index (χ3n) is 2.96. The van der Waals surface area contributed by atoms with Crippen molar-refractivity contribution < 1.29 is 4.74 Å². The molecule has 0 heterocycles. The lowest BCUT2D eigenvalue weighted by Crippen LogP contribution is -2.26. The number of nitriles is 1. The standard InChI is InChI=1S/C13H16N2O/c14-8-11(15)9-16-13-7-3-5-10-4-1-2-6-12(10)13/h1-2,4,6,11,13H,3,5,7,9,15H2. The van der Waals surface area contributed by atoms with Gasteiger partial charge in [-0.15, -0.1) is 0 Å². The van der Waals surface area contributed by atoms with Crippen molar-refractivity contribution in [2.75, 3.05) is 6.61 Å². The maximum atomic E-state index is 8.60. The molecule has 2 N–H and O–H groups in total. The van der Waals surface area contributed by atoms with Crippen LogP contribution in [0.1, 0.15) is 30.1 Å². The lowest BCUT2D eigenvalue weighted by atomic mass is 9.89. The topological polar surface area (TPSA) is 59.0 Å². The Morgan fingerprint density at radius 2 is 2.31 bits per heavy atom. The van der Waals surface area contributed by atoms with E-state index in [0.717, 1.165) is 19.3 Å². The quantitative estimate of drug-likeness (QED) is 0.839. The minimum atomic E-state index is -0.519. The van der Waals surface area contributed by atoms with Crippen molar-refractivity contribution >= 4 is 0 Å². The Labute approximate surface area is 95.8 Å². The average Bonchev–Trinajstić information content (AvgIpc) is 2.35. The zero-order valence-corrected chi connectivity index (χ0v) is 9.23. The van der Waals surface area contributed by atoms with Crippen molar-refractivity contribution in [1.82, 2.24) is 0 Å². The molecule has 1 aliphatic rings. The summed E-state index contributed by atoms with van der Waals surface area (Å²) in [5.41, 5.74) is 8.15. The molecule has 1 aromatic rings. The van der Waals surface area contributed by atoms with E-state index in [4.69, 9.17) is 15.7 Å². The fourth-order valence-corrected chi connectivity index (χ4v) is 2.14. The van der Waals surface area contributed by atoms with Crippen LogP contribution < -0.4 is 5.73 Å². The third kappa shape index (κ3) is 2.41. The van der Waals surface area contributed by atoms with Gasteiger partial charge in [0.1, 0.15) is 6.04 Å². The molecular formula is C13H16N2O. The smallest absolute Gasteiger partial charge is 0.116 e. The fourth-order valence-electron chi connectivity index (χ4n) is 2.14. The number of hydrogen-bond donors (Lipinski definition) is 1. The lowest BCUT2D eigenvalue weighted by molar-refractivity contribution is 0.0387. The van der Waals surface area contributed by atoms with Gasteiger partial charge in [0.15, 0.2) is 0 Å². The van der Waals surface area contributed by atoms with Gasteiger partial charge >= 0.3 is 0 Å². The molecule has 1 aromatic carbocycles. The number of fused-ring (bicyclic) bond motifs is 1. The summed E-state index contributed by atoms with van der Waals surface area (Å²) in [6.07, 6.45) is 3.41. The van der Waals surface area contributed by atoms with Crippen LogP contribution in [0.25, 0.3) is 0 Å². The van der Waals surface area contributed by atoms with E-state index in [1.54, 1.807) is 0 Å². The zero-order valence-electron chi connectivity index (χ0n) is 9.23. The number of hydrogen-bond acceptors (Lipinski definition) is 3. The van der Waals surface area contributed by atoms with Crippen LogP contribution in [-0.4, -0.2) is 12.6 Å². The predicted molar refractivity (Wildman–Crippen MR) is 61.7 cm³/mol. The predicted octanol–water partition coefficient (Wildman–Crippen LogP) is 1.93. The first-order valence-electron chi connectivity index (χ1n) is 5.66. The first-order chi connectivity index (χ1) is 7.81. The highest BCUT2D eigenvalue weighted by atomic mass is 16.5. The molecule has 3 nitrogen and oxygen atoms in total. The van der Waals surface area contributed by atoms with Crippen molar-refractivity contribution in [3.63, 3.8) is 0 Å². The Hall–Kier alpha value is -1.37. The summed E-state index contributed by atoms with van der Waals surface area (Å²) in [5.74, 6) is 0. The van der Waals surface area contributed by atoms with Crippen LogP contribution in [0, 0.1) is 11.3 Å². The van der Waals surface area contributed by atoms with E-state index in [1.165, 1.54) is 11.1 Å². The van der Waals surface area contributed by atoms with Crippen LogP contribution in [-0.2, 0) is 11.2 Å². The first kappa shape index (κ1) is 11.1. The van der Waals surface area contributed by atoms with Gasteiger partial charge in [0.25, 0.3) is 0 Å². The monoisotopic (exact) mass is 216 g/mol. The number of nitrogens with two attached hydrogens (primary N) is 1. The Morgan fingerprint density at radius 3 is 3.12 bits per heavy atom. The highest BCUT2D eigenvalue weighted by molar-refractivity contribution is 5.31. The molecule has 0 bridgehead atoms. The molecule has 0 radical (unpaired) electrons. The second kappa shape index (κ2) is 5.11. The molecule has 84 valence electrons. The molecule has 16 heavy (non-hydrogen) atoms. The van der Waals surface area contributed by atoms with E-state index < -0.39 is 6.04 Å². The summed E-state index contributed by atoms with van der Waals surface area (Å²) < 4.78 is 5.71. The van der Waals surface area contributed by atoms with Crippen LogP contribution in [0.4, 0.5) is 0 Å². The van der Waals surface area contributed by atoms with Gasteiger partial charge in [0.2, 0.25) is 0 Å². The molecule has 0 spiro atoms. The largest absolute Gasteiger partial charge is 0.371 e. The van der Waals surface area contributed by atoms with E-state index in [1.807, 2.05) is 12.1 Å². The second-order valence-electron chi connectivity index (χ2n) is 4.15. The molecular weight excluding hydrogens is 200 g/mol. The van der Waals surface area contributed by atoms with Crippen LogP contribution in [0.5, 0.6) is 0 Å². The Morgan fingerprint density at radius 1 is 1.50 bits per heavy atom. The molecule has 0 fully saturated rings. The minimum absolute atomic E-state index is 0.115. The summed E-state index contributed by atoms with van der Waals surface area (Å²) in [7, 11) is 0. The summed E-state index contributed by atoms with van der Waals surface area (Å²) in [6, 6.07) is 9.81. The third-order valence-corrected chi connectivity index (χ3v) is 2.96. The molecule has 2 atom stereocenters. The van der Waals surface area contributed by atoms with Crippen LogP contribution in [0.2, 0.25) is 0 Å². The van der Waals surface area contributed by atoms with E-state index in [2.05, 4.69) is 18.2 Å². The van der Waals surface area contributed by atoms with Gasteiger partial charge in [0.05, 0.1) is 18.8 Å². The molecule has 2 unspecified atom stereocenters. The Kier molecular flexibility index (Phi) is 3.55. The van der Waals surface area contributed by atoms with Crippen molar-refractivity contribution in [2.45, 2.75) is 31.4 Å². The van der Waals surface area contributed by atoms with Gasteiger partial charge in [-0.2, -0.15) is 5.26 Å². The second-order valence-corrected chi connectivity index (χ2v) is 4.15. The van der Waals surface area contributed by atoms with Crippen LogP contribution in [0.3, 0.4) is 0 Å². The van der Waals surface area contributed by atoms with Gasteiger partial charge in [-0.25, -0.2) is 0 Å². The van der Waals surface area contributed by atoms with Crippen molar-refractivity contribution in [2.24, 2.45) is 5.73 Å². The fraction of sp³-hybridized carbons (Fsp3) is 0.462. The first-order valence-corrected chi connectivity index (χ1v) is 5.66. The lowest BCUT2D eigenvalue weighted by Gasteiger charge is -2.25. The zero-order chi connectivity index (χ0) is 11.4. The summed E-state index contributed by atoms with van der Waals surface area (Å²) in [6.45, 7) is 0.315. The molecule has 0 aliphatic heterocycles. The maximum Gasteiger partial charge on any atom is 0.116 e.